The van der Waals surface area contributed by atoms with Crippen molar-refractivity contribution in [3.8, 4) is 17.9 Å². The van der Waals surface area contributed by atoms with E-state index in [1.807, 2.05) is 6.20 Å². The Kier molecular flexibility index (Phi) is 12.8. The number of aromatic nitrogens is 1. The van der Waals surface area contributed by atoms with Crippen molar-refractivity contribution in [3.63, 3.8) is 0 Å². The molecule has 0 fully saturated rings. The molecule has 0 aliphatic rings. The molecule has 0 aliphatic heterocycles. The van der Waals surface area contributed by atoms with Crippen LogP contribution in [0.25, 0.3) is 0 Å². The molecule has 0 amide bonds. The third-order valence-corrected chi connectivity index (χ3v) is 4.82. The molecule has 142 valence electrons. The molecule has 0 unspecified atom stereocenters. The molecular weight excluding hydrogens is 322 g/mol. The number of hydrogen-bond donors (Lipinski definition) is 1. The van der Waals surface area contributed by atoms with E-state index in [0.29, 0.717) is 18.6 Å². The third-order valence-electron chi connectivity index (χ3n) is 4.82. The van der Waals surface area contributed by atoms with Gasteiger partial charge in [0, 0.05) is 24.6 Å². The monoisotopic (exact) mass is 355 g/mol. The average Bonchev–Trinajstić information content (AvgIpc) is 2.64. The molecule has 0 bridgehead atoms. The normalized spacial score (nSPS) is 10.4. The number of pyridine rings is 1. The van der Waals surface area contributed by atoms with Gasteiger partial charge in [0.1, 0.15) is 5.75 Å². The fourth-order valence-corrected chi connectivity index (χ4v) is 3.29. The van der Waals surface area contributed by atoms with Crippen molar-refractivity contribution in [2.45, 2.75) is 96.3 Å². The van der Waals surface area contributed by atoms with E-state index in [1.54, 1.807) is 6.20 Å². The van der Waals surface area contributed by atoms with Crippen molar-refractivity contribution in [1.82, 2.24) is 4.98 Å². The minimum Gasteiger partial charge on any atom is -0.506 e. The Labute approximate surface area is 158 Å². The second-order valence-corrected chi connectivity index (χ2v) is 7.00. The molecule has 1 rings (SSSR count). The summed E-state index contributed by atoms with van der Waals surface area (Å²) in [6.07, 6.45) is 19.1. The van der Waals surface area contributed by atoms with Crippen LogP contribution >= 0.6 is 0 Å². The van der Waals surface area contributed by atoms with E-state index >= 15 is 0 Å². The molecule has 0 aromatic carbocycles. The maximum Gasteiger partial charge on any atom is 0.137 e. The van der Waals surface area contributed by atoms with Crippen LogP contribution in [0.5, 0.6) is 5.75 Å². The van der Waals surface area contributed by atoms with Gasteiger partial charge < -0.3 is 5.11 Å². The van der Waals surface area contributed by atoms with Gasteiger partial charge in [-0.25, -0.2) is 0 Å². The van der Waals surface area contributed by atoms with Crippen LogP contribution in [0.15, 0.2) is 12.4 Å². The molecule has 4 nitrogen and oxygen atoms in total. The molecule has 0 radical (unpaired) electrons. The zero-order valence-corrected chi connectivity index (χ0v) is 16.1. The molecule has 26 heavy (non-hydrogen) atoms. The summed E-state index contributed by atoms with van der Waals surface area (Å²) in [5.74, 6) is 0.337. The van der Waals surface area contributed by atoms with Crippen molar-refractivity contribution in [2.75, 3.05) is 0 Å². The summed E-state index contributed by atoms with van der Waals surface area (Å²) in [6.45, 7) is 0. The first-order valence-corrected chi connectivity index (χ1v) is 10.2. The lowest BCUT2D eigenvalue weighted by Crippen LogP contribution is -1.98. The molecule has 0 atom stereocenters. The molecule has 1 N–H and O–H groups in total. The van der Waals surface area contributed by atoms with E-state index in [4.69, 9.17) is 10.5 Å². The molecule has 1 aromatic heterocycles. The molecule has 4 heteroatoms. The van der Waals surface area contributed by atoms with E-state index in [1.165, 1.54) is 24.8 Å². The molecule has 0 saturated heterocycles. The third kappa shape index (κ3) is 10.0. The Bertz CT molecular complexity index is 572. The quantitative estimate of drug-likeness (QED) is 0.392. The first kappa shape index (κ1) is 22.0. The lowest BCUT2D eigenvalue weighted by molar-refractivity contribution is 0.461. The molecular formula is C22H33N3O. The first-order chi connectivity index (χ1) is 12.8. The number of nitriles is 2. The van der Waals surface area contributed by atoms with Gasteiger partial charge in [-0.2, -0.15) is 10.5 Å². The number of nitrogens with zero attached hydrogens (tertiary/aromatic N) is 3. The van der Waals surface area contributed by atoms with Crippen LogP contribution in [-0.2, 0) is 12.8 Å². The number of aryl methyl sites for hydroxylation is 1. The van der Waals surface area contributed by atoms with Crippen LogP contribution in [0, 0.1) is 22.7 Å². The Morgan fingerprint density at radius 2 is 1.19 bits per heavy atom. The van der Waals surface area contributed by atoms with Crippen molar-refractivity contribution < 1.29 is 5.11 Å². The summed E-state index contributed by atoms with van der Waals surface area (Å²) in [6, 6.07) is 4.38. The maximum absolute atomic E-state index is 10.2. The highest BCUT2D eigenvalue weighted by atomic mass is 16.3. The smallest absolute Gasteiger partial charge is 0.137 e. The van der Waals surface area contributed by atoms with Crippen LogP contribution < -0.4 is 0 Å². The van der Waals surface area contributed by atoms with Gasteiger partial charge in [-0.05, 0) is 44.1 Å². The Morgan fingerprint density at radius 3 is 1.77 bits per heavy atom. The Balaban J connectivity index is 2.25. The van der Waals surface area contributed by atoms with Crippen molar-refractivity contribution in [1.29, 1.82) is 10.5 Å². The van der Waals surface area contributed by atoms with E-state index in [9.17, 15) is 5.11 Å². The largest absolute Gasteiger partial charge is 0.506 e. The van der Waals surface area contributed by atoms with Crippen LogP contribution in [0.3, 0.4) is 0 Å². The SMILES string of the molecule is N#CCCCCCCCCc1cncc(O)c1CCCCCCCC#N. The number of rotatable bonds is 15. The summed E-state index contributed by atoms with van der Waals surface area (Å²) in [5, 5.41) is 27.2. The fourth-order valence-electron chi connectivity index (χ4n) is 3.29. The Hall–Kier alpha value is -2.07. The van der Waals surface area contributed by atoms with Gasteiger partial charge in [0.2, 0.25) is 0 Å². The van der Waals surface area contributed by atoms with Crippen LogP contribution in [0.4, 0.5) is 0 Å². The second-order valence-electron chi connectivity index (χ2n) is 7.00. The van der Waals surface area contributed by atoms with Crippen LogP contribution in [-0.4, -0.2) is 10.1 Å². The molecule has 1 heterocycles. The van der Waals surface area contributed by atoms with Gasteiger partial charge in [0.15, 0.2) is 0 Å². The van der Waals surface area contributed by atoms with Crippen molar-refractivity contribution >= 4 is 0 Å². The van der Waals surface area contributed by atoms with Crippen LogP contribution in [0.2, 0.25) is 0 Å². The van der Waals surface area contributed by atoms with Gasteiger partial charge in [0.05, 0.1) is 18.3 Å². The minimum absolute atomic E-state index is 0.337. The van der Waals surface area contributed by atoms with E-state index in [0.717, 1.165) is 69.8 Å². The van der Waals surface area contributed by atoms with Crippen molar-refractivity contribution in [2.24, 2.45) is 0 Å². The van der Waals surface area contributed by atoms with Gasteiger partial charge in [0.25, 0.3) is 0 Å². The number of aromatic hydroxyl groups is 1. The van der Waals surface area contributed by atoms with E-state index in [2.05, 4.69) is 17.1 Å². The number of unbranched alkanes of at least 4 members (excludes halogenated alkanes) is 11. The topological polar surface area (TPSA) is 80.7 Å². The number of hydrogen-bond acceptors (Lipinski definition) is 4. The predicted molar refractivity (Wildman–Crippen MR) is 105 cm³/mol. The average molecular weight is 356 g/mol. The maximum atomic E-state index is 10.2. The lowest BCUT2D eigenvalue weighted by Gasteiger charge is -2.11. The first-order valence-electron chi connectivity index (χ1n) is 10.2. The van der Waals surface area contributed by atoms with E-state index in [-0.39, 0.29) is 0 Å². The highest BCUT2D eigenvalue weighted by molar-refractivity contribution is 5.36. The molecule has 0 aliphatic carbocycles. The summed E-state index contributed by atoms with van der Waals surface area (Å²) >= 11 is 0. The summed E-state index contributed by atoms with van der Waals surface area (Å²) in [7, 11) is 0. The summed E-state index contributed by atoms with van der Waals surface area (Å²) < 4.78 is 0. The predicted octanol–water partition coefficient (Wildman–Crippen LogP) is 5.99. The summed E-state index contributed by atoms with van der Waals surface area (Å²) in [4.78, 5) is 4.16. The highest BCUT2D eigenvalue weighted by Crippen LogP contribution is 2.24. The summed E-state index contributed by atoms with van der Waals surface area (Å²) in [5.41, 5.74) is 2.27. The van der Waals surface area contributed by atoms with Gasteiger partial charge >= 0.3 is 0 Å². The standard InChI is InChI=1S/C22H33N3O/c23-16-12-8-4-1-2-6-10-14-20-18-25-19-22(26)21(20)15-11-7-3-5-9-13-17-24/h18-19,26H,1-15H2. The van der Waals surface area contributed by atoms with Gasteiger partial charge in [-0.3, -0.25) is 4.98 Å². The molecule has 0 saturated carbocycles. The zero-order chi connectivity index (χ0) is 18.9. The van der Waals surface area contributed by atoms with Gasteiger partial charge in [-0.1, -0.05) is 44.9 Å². The van der Waals surface area contributed by atoms with Crippen LogP contribution in [0.1, 0.15) is 94.6 Å². The van der Waals surface area contributed by atoms with Gasteiger partial charge in [-0.15, -0.1) is 0 Å². The minimum atomic E-state index is 0.337. The van der Waals surface area contributed by atoms with Crippen molar-refractivity contribution in [3.05, 3.63) is 23.5 Å². The molecule has 0 spiro atoms. The lowest BCUT2D eigenvalue weighted by atomic mass is 9.97. The second kappa shape index (κ2) is 15.2. The Morgan fingerprint density at radius 1 is 0.692 bits per heavy atom. The zero-order valence-electron chi connectivity index (χ0n) is 16.1. The molecule has 1 aromatic rings. The fraction of sp³-hybridized carbons (Fsp3) is 0.682. The van der Waals surface area contributed by atoms with E-state index < -0.39 is 0 Å². The highest BCUT2D eigenvalue weighted by Gasteiger charge is 2.08.